The molecular weight excluding hydrogens is 328 g/mol. The second-order valence-electron chi connectivity index (χ2n) is 7.34. The summed E-state index contributed by atoms with van der Waals surface area (Å²) in [4.78, 5) is 25.3. The van der Waals surface area contributed by atoms with E-state index in [1.54, 1.807) is 11.8 Å². The van der Waals surface area contributed by atoms with Crippen LogP contribution in [0.5, 0.6) is 0 Å². The number of aliphatic carboxylic acids is 1. The Balaban J connectivity index is 1.61. The summed E-state index contributed by atoms with van der Waals surface area (Å²) in [6, 6.07) is 7.67. The number of rotatable bonds is 4. The Kier molecular flexibility index (Phi) is 4.47. The van der Waals surface area contributed by atoms with Crippen molar-refractivity contribution in [2.45, 2.75) is 38.0 Å². The first kappa shape index (κ1) is 17.1. The van der Waals surface area contributed by atoms with Crippen molar-refractivity contribution >= 4 is 23.6 Å². The maximum Gasteiger partial charge on any atom is 0.317 e. The van der Waals surface area contributed by atoms with Crippen LogP contribution in [-0.2, 0) is 10.2 Å². The van der Waals surface area contributed by atoms with Crippen molar-refractivity contribution in [2.75, 3.05) is 19.6 Å². The summed E-state index contributed by atoms with van der Waals surface area (Å²) in [5.74, 6) is -0.838. The SMILES string of the molecule is CC1(C(=O)O)CCN(C(=O)NCC2(c3ccc(Cl)cc3)CCC2)C1. The molecule has 6 heteroatoms. The van der Waals surface area contributed by atoms with E-state index in [-0.39, 0.29) is 18.0 Å². The number of carboxylic acids is 1. The summed E-state index contributed by atoms with van der Waals surface area (Å²) in [6.07, 6.45) is 3.74. The standard InChI is InChI=1S/C18H23ClN2O3/c1-17(15(22)23)9-10-21(12-17)16(24)20-11-18(7-2-8-18)13-3-5-14(19)6-4-13/h3-6H,2,7-12H2,1H3,(H,20,24)(H,22,23). The van der Waals surface area contributed by atoms with E-state index < -0.39 is 11.4 Å². The molecule has 1 aliphatic carbocycles. The van der Waals surface area contributed by atoms with E-state index in [1.807, 2.05) is 24.3 Å². The van der Waals surface area contributed by atoms with Crippen LogP contribution >= 0.6 is 11.6 Å². The Labute approximate surface area is 147 Å². The fourth-order valence-electron chi connectivity index (χ4n) is 3.64. The zero-order chi connectivity index (χ0) is 17.4. The molecule has 1 aromatic rings. The number of benzene rings is 1. The van der Waals surface area contributed by atoms with E-state index >= 15 is 0 Å². The van der Waals surface area contributed by atoms with E-state index in [2.05, 4.69) is 5.32 Å². The number of urea groups is 1. The Morgan fingerprint density at radius 2 is 1.92 bits per heavy atom. The van der Waals surface area contributed by atoms with Crippen LogP contribution in [0.1, 0.15) is 38.2 Å². The average molecular weight is 351 g/mol. The zero-order valence-corrected chi connectivity index (χ0v) is 14.6. The molecule has 1 atom stereocenters. The molecule has 1 saturated carbocycles. The lowest BCUT2D eigenvalue weighted by atomic mass is 9.64. The van der Waals surface area contributed by atoms with E-state index in [0.29, 0.717) is 24.5 Å². The summed E-state index contributed by atoms with van der Waals surface area (Å²) in [5.41, 5.74) is 0.354. The summed E-state index contributed by atoms with van der Waals surface area (Å²) < 4.78 is 0. The van der Waals surface area contributed by atoms with Crippen LogP contribution in [0.4, 0.5) is 4.79 Å². The van der Waals surface area contributed by atoms with Gasteiger partial charge in [0.1, 0.15) is 0 Å². The first-order valence-electron chi connectivity index (χ1n) is 8.37. The second-order valence-corrected chi connectivity index (χ2v) is 7.77. The Bertz CT molecular complexity index is 642. The number of nitrogens with one attached hydrogen (secondary N) is 1. The van der Waals surface area contributed by atoms with Gasteiger partial charge in [-0.2, -0.15) is 0 Å². The van der Waals surface area contributed by atoms with Crippen LogP contribution < -0.4 is 5.32 Å². The van der Waals surface area contributed by atoms with E-state index in [9.17, 15) is 14.7 Å². The molecule has 130 valence electrons. The predicted molar refractivity (Wildman–Crippen MR) is 92.3 cm³/mol. The smallest absolute Gasteiger partial charge is 0.317 e. The third kappa shape index (κ3) is 3.09. The van der Waals surface area contributed by atoms with Crippen molar-refractivity contribution in [3.05, 3.63) is 34.9 Å². The Morgan fingerprint density at radius 3 is 2.42 bits per heavy atom. The molecule has 5 nitrogen and oxygen atoms in total. The van der Waals surface area contributed by atoms with Crippen LogP contribution in [0.15, 0.2) is 24.3 Å². The Morgan fingerprint density at radius 1 is 1.25 bits per heavy atom. The molecular formula is C18H23ClN2O3. The van der Waals surface area contributed by atoms with Crippen LogP contribution in [-0.4, -0.2) is 41.6 Å². The summed E-state index contributed by atoms with van der Waals surface area (Å²) in [5, 5.41) is 13.0. The van der Waals surface area contributed by atoms with Gasteiger partial charge in [-0.3, -0.25) is 4.79 Å². The summed E-state index contributed by atoms with van der Waals surface area (Å²) in [6.45, 7) is 3.03. The molecule has 0 radical (unpaired) electrons. The highest BCUT2D eigenvalue weighted by atomic mass is 35.5. The zero-order valence-electron chi connectivity index (χ0n) is 13.8. The maximum atomic E-state index is 12.4. The van der Waals surface area contributed by atoms with Crippen molar-refractivity contribution < 1.29 is 14.7 Å². The van der Waals surface area contributed by atoms with Gasteiger partial charge in [-0.05, 0) is 43.9 Å². The minimum Gasteiger partial charge on any atom is -0.481 e. The number of carboxylic acid groups (broad SMARTS) is 1. The topological polar surface area (TPSA) is 69.6 Å². The van der Waals surface area contributed by atoms with Crippen molar-refractivity contribution in [1.82, 2.24) is 10.2 Å². The largest absolute Gasteiger partial charge is 0.481 e. The van der Waals surface area contributed by atoms with Gasteiger partial charge in [0.15, 0.2) is 0 Å². The van der Waals surface area contributed by atoms with Gasteiger partial charge in [0.2, 0.25) is 0 Å². The van der Waals surface area contributed by atoms with Crippen LogP contribution in [0.2, 0.25) is 5.02 Å². The molecule has 2 aliphatic rings. The van der Waals surface area contributed by atoms with Crippen LogP contribution in [0, 0.1) is 5.41 Å². The normalized spacial score (nSPS) is 25.2. The fourth-order valence-corrected chi connectivity index (χ4v) is 3.77. The molecule has 1 heterocycles. The molecule has 1 unspecified atom stereocenters. The van der Waals surface area contributed by atoms with E-state index in [0.717, 1.165) is 19.3 Å². The van der Waals surface area contributed by atoms with Gasteiger partial charge in [-0.25, -0.2) is 4.79 Å². The molecule has 24 heavy (non-hydrogen) atoms. The number of hydrogen-bond acceptors (Lipinski definition) is 2. The third-order valence-electron chi connectivity index (χ3n) is 5.62. The molecule has 0 bridgehead atoms. The number of hydrogen-bond donors (Lipinski definition) is 2. The van der Waals surface area contributed by atoms with Crippen molar-refractivity contribution in [3.8, 4) is 0 Å². The average Bonchev–Trinajstić information content (AvgIpc) is 2.92. The van der Waals surface area contributed by atoms with Crippen LogP contribution in [0.3, 0.4) is 0 Å². The summed E-state index contributed by atoms with van der Waals surface area (Å²) >= 11 is 5.96. The van der Waals surface area contributed by atoms with Gasteiger partial charge in [-0.15, -0.1) is 0 Å². The van der Waals surface area contributed by atoms with Gasteiger partial charge < -0.3 is 15.3 Å². The molecule has 1 aromatic carbocycles. The molecule has 0 aromatic heterocycles. The number of nitrogens with zero attached hydrogens (tertiary/aromatic N) is 1. The lowest BCUT2D eigenvalue weighted by Crippen LogP contribution is -2.49. The molecule has 3 rings (SSSR count). The first-order chi connectivity index (χ1) is 11.3. The second kappa shape index (κ2) is 6.28. The quantitative estimate of drug-likeness (QED) is 0.875. The van der Waals surface area contributed by atoms with Gasteiger partial charge >= 0.3 is 12.0 Å². The van der Waals surface area contributed by atoms with Gasteiger partial charge in [0.05, 0.1) is 5.41 Å². The number of amides is 2. The minimum absolute atomic E-state index is 0.0178. The Hall–Kier alpha value is -1.75. The number of carbonyl (C=O) groups is 2. The number of likely N-dealkylation sites (tertiary alicyclic amines) is 1. The van der Waals surface area contributed by atoms with Crippen molar-refractivity contribution in [3.63, 3.8) is 0 Å². The van der Waals surface area contributed by atoms with E-state index in [4.69, 9.17) is 11.6 Å². The molecule has 0 spiro atoms. The maximum absolute atomic E-state index is 12.4. The molecule has 2 amide bonds. The fraction of sp³-hybridized carbons (Fsp3) is 0.556. The van der Waals surface area contributed by atoms with Crippen molar-refractivity contribution in [2.24, 2.45) is 5.41 Å². The third-order valence-corrected chi connectivity index (χ3v) is 5.87. The van der Waals surface area contributed by atoms with Gasteiger partial charge in [-0.1, -0.05) is 30.2 Å². The number of halogens is 1. The first-order valence-corrected chi connectivity index (χ1v) is 8.75. The lowest BCUT2D eigenvalue weighted by molar-refractivity contribution is -0.147. The molecule has 2 N–H and O–H groups in total. The molecule has 1 aliphatic heterocycles. The number of carbonyl (C=O) groups excluding carboxylic acids is 1. The predicted octanol–water partition coefficient (Wildman–Crippen LogP) is 3.27. The highest BCUT2D eigenvalue weighted by Gasteiger charge is 2.43. The monoisotopic (exact) mass is 350 g/mol. The van der Waals surface area contributed by atoms with Crippen molar-refractivity contribution in [1.29, 1.82) is 0 Å². The minimum atomic E-state index is -0.838. The van der Waals surface area contributed by atoms with Gasteiger partial charge in [0.25, 0.3) is 0 Å². The summed E-state index contributed by atoms with van der Waals surface area (Å²) in [7, 11) is 0. The highest BCUT2D eigenvalue weighted by Crippen LogP contribution is 2.43. The molecule has 2 fully saturated rings. The van der Waals surface area contributed by atoms with E-state index in [1.165, 1.54) is 5.56 Å². The van der Waals surface area contributed by atoms with Gasteiger partial charge in [0, 0.05) is 30.1 Å². The molecule has 1 saturated heterocycles. The highest BCUT2D eigenvalue weighted by molar-refractivity contribution is 6.30. The lowest BCUT2D eigenvalue weighted by Gasteiger charge is -2.43. The van der Waals surface area contributed by atoms with Crippen LogP contribution in [0.25, 0.3) is 0 Å².